The Bertz CT molecular complexity index is 321. The molecule has 0 spiro atoms. The summed E-state index contributed by atoms with van der Waals surface area (Å²) in [5, 5.41) is 3.33. The van der Waals surface area contributed by atoms with E-state index in [0.29, 0.717) is 6.04 Å². The molecule has 1 rings (SSSR count). The van der Waals surface area contributed by atoms with Crippen LogP contribution in [-0.2, 0) is 11.2 Å². The molecule has 0 radical (unpaired) electrons. The number of methoxy groups -OCH3 is 1. The van der Waals surface area contributed by atoms with E-state index in [2.05, 4.69) is 66.0 Å². The van der Waals surface area contributed by atoms with Crippen LogP contribution >= 0.6 is 22.6 Å². The standard InChI is InChI=1S/C13H20INO/c1-13(2,16-4)12(15-3)9-10-5-7-11(14)8-6-10/h5-8,12,15H,9H2,1-4H3. The summed E-state index contributed by atoms with van der Waals surface area (Å²) in [6.45, 7) is 4.22. The summed E-state index contributed by atoms with van der Waals surface area (Å²) in [5.41, 5.74) is 1.18. The molecular weight excluding hydrogens is 313 g/mol. The normalized spacial score (nSPS) is 13.8. The fraction of sp³-hybridized carbons (Fsp3) is 0.538. The van der Waals surface area contributed by atoms with Crippen molar-refractivity contribution < 1.29 is 4.74 Å². The van der Waals surface area contributed by atoms with E-state index in [4.69, 9.17) is 4.74 Å². The van der Waals surface area contributed by atoms with Gasteiger partial charge in [0.05, 0.1) is 5.60 Å². The van der Waals surface area contributed by atoms with Gasteiger partial charge >= 0.3 is 0 Å². The van der Waals surface area contributed by atoms with Gasteiger partial charge in [0.1, 0.15) is 0 Å². The van der Waals surface area contributed by atoms with Gasteiger partial charge in [-0.1, -0.05) is 12.1 Å². The van der Waals surface area contributed by atoms with Crippen molar-refractivity contribution in [1.29, 1.82) is 0 Å². The molecule has 16 heavy (non-hydrogen) atoms. The molecule has 0 aliphatic rings. The highest BCUT2D eigenvalue weighted by Gasteiger charge is 2.27. The van der Waals surface area contributed by atoms with Crippen LogP contribution in [0.3, 0.4) is 0 Å². The number of benzene rings is 1. The fourth-order valence-electron chi connectivity index (χ4n) is 1.69. The third-order valence-electron chi connectivity index (χ3n) is 3.07. The summed E-state index contributed by atoms with van der Waals surface area (Å²) in [7, 11) is 3.75. The van der Waals surface area contributed by atoms with E-state index < -0.39 is 0 Å². The maximum Gasteiger partial charge on any atom is 0.0778 e. The van der Waals surface area contributed by atoms with E-state index in [1.165, 1.54) is 9.13 Å². The highest BCUT2D eigenvalue weighted by Crippen LogP contribution is 2.18. The van der Waals surface area contributed by atoms with Crippen LogP contribution in [0.5, 0.6) is 0 Å². The first kappa shape index (κ1) is 13.9. The van der Waals surface area contributed by atoms with E-state index in [-0.39, 0.29) is 5.60 Å². The zero-order chi connectivity index (χ0) is 12.2. The molecule has 1 unspecified atom stereocenters. The summed E-state index contributed by atoms with van der Waals surface area (Å²) in [6.07, 6.45) is 0.980. The van der Waals surface area contributed by atoms with E-state index in [9.17, 15) is 0 Å². The zero-order valence-electron chi connectivity index (χ0n) is 10.4. The number of ether oxygens (including phenoxy) is 1. The van der Waals surface area contributed by atoms with Gasteiger partial charge in [-0.2, -0.15) is 0 Å². The first-order chi connectivity index (χ1) is 7.49. The molecule has 1 aromatic rings. The quantitative estimate of drug-likeness (QED) is 0.837. The van der Waals surface area contributed by atoms with Gasteiger partial charge in [0.2, 0.25) is 0 Å². The van der Waals surface area contributed by atoms with Crippen LogP contribution in [0.15, 0.2) is 24.3 Å². The number of likely N-dealkylation sites (N-methyl/N-ethyl adjacent to an activating group) is 1. The molecule has 0 aliphatic heterocycles. The first-order valence-corrected chi connectivity index (χ1v) is 6.54. The molecule has 1 aromatic carbocycles. The highest BCUT2D eigenvalue weighted by molar-refractivity contribution is 14.1. The summed E-state index contributed by atoms with van der Waals surface area (Å²) in [5.74, 6) is 0. The molecule has 0 fully saturated rings. The first-order valence-electron chi connectivity index (χ1n) is 5.46. The minimum Gasteiger partial charge on any atom is -0.377 e. The van der Waals surface area contributed by atoms with Gasteiger partial charge in [-0.25, -0.2) is 0 Å². The van der Waals surface area contributed by atoms with E-state index in [0.717, 1.165) is 6.42 Å². The maximum absolute atomic E-state index is 5.52. The average molecular weight is 333 g/mol. The molecule has 0 amide bonds. The molecule has 0 saturated carbocycles. The molecule has 0 heterocycles. The van der Waals surface area contributed by atoms with Gasteiger partial charge in [-0.3, -0.25) is 0 Å². The molecule has 1 N–H and O–H groups in total. The smallest absolute Gasteiger partial charge is 0.0778 e. The van der Waals surface area contributed by atoms with Crippen LogP contribution in [0, 0.1) is 3.57 Å². The van der Waals surface area contributed by atoms with Gasteiger partial charge in [0.15, 0.2) is 0 Å². The third kappa shape index (κ3) is 3.71. The SMILES string of the molecule is CNC(Cc1ccc(I)cc1)C(C)(C)OC. The van der Waals surface area contributed by atoms with Crippen molar-refractivity contribution in [3.8, 4) is 0 Å². The highest BCUT2D eigenvalue weighted by atomic mass is 127. The maximum atomic E-state index is 5.52. The molecule has 90 valence electrons. The molecule has 0 bridgehead atoms. The van der Waals surface area contributed by atoms with Crippen molar-refractivity contribution in [2.24, 2.45) is 0 Å². The molecule has 0 aliphatic carbocycles. The lowest BCUT2D eigenvalue weighted by molar-refractivity contribution is -0.00797. The predicted molar refractivity (Wildman–Crippen MR) is 76.8 cm³/mol. The summed E-state index contributed by atoms with van der Waals surface area (Å²) in [4.78, 5) is 0. The van der Waals surface area contributed by atoms with Crippen molar-refractivity contribution >= 4 is 22.6 Å². The largest absolute Gasteiger partial charge is 0.377 e. The van der Waals surface area contributed by atoms with Crippen LogP contribution < -0.4 is 5.32 Å². The van der Waals surface area contributed by atoms with Crippen molar-refractivity contribution in [2.45, 2.75) is 31.9 Å². The molecular formula is C13H20INO. The van der Waals surface area contributed by atoms with Crippen molar-refractivity contribution in [3.05, 3.63) is 33.4 Å². The van der Waals surface area contributed by atoms with Crippen LogP contribution in [-0.4, -0.2) is 25.8 Å². The number of halogens is 1. The van der Waals surface area contributed by atoms with E-state index >= 15 is 0 Å². The monoisotopic (exact) mass is 333 g/mol. The summed E-state index contributed by atoms with van der Waals surface area (Å²) in [6, 6.07) is 8.96. The predicted octanol–water partition coefficient (Wildman–Crippen LogP) is 2.85. The average Bonchev–Trinajstić information content (AvgIpc) is 2.28. The molecule has 3 heteroatoms. The Balaban J connectivity index is 2.74. The zero-order valence-corrected chi connectivity index (χ0v) is 12.5. The van der Waals surface area contributed by atoms with Crippen LogP contribution in [0.25, 0.3) is 0 Å². The van der Waals surface area contributed by atoms with Crippen LogP contribution in [0.2, 0.25) is 0 Å². The third-order valence-corrected chi connectivity index (χ3v) is 3.79. The van der Waals surface area contributed by atoms with Gasteiger partial charge in [-0.15, -0.1) is 0 Å². The Hall–Kier alpha value is -0.130. The Morgan fingerprint density at radius 1 is 1.31 bits per heavy atom. The Morgan fingerprint density at radius 2 is 1.88 bits per heavy atom. The lowest BCUT2D eigenvalue weighted by Gasteiger charge is -2.33. The number of nitrogens with one attached hydrogen (secondary N) is 1. The Labute approximate surface area is 112 Å². The van der Waals surface area contributed by atoms with Gasteiger partial charge < -0.3 is 10.1 Å². The van der Waals surface area contributed by atoms with Crippen molar-refractivity contribution in [1.82, 2.24) is 5.32 Å². The lowest BCUT2D eigenvalue weighted by Crippen LogP contribution is -2.48. The minimum atomic E-state index is -0.155. The minimum absolute atomic E-state index is 0.155. The van der Waals surface area contributed by atoms with Gasteiger partial charge in [-0.05, 0) is 67.6 Å². The lowest BCUT2D eigenvalue weighted by atomic mass is 9.92. The molecule has 2 nitrogen and oxygen atoms in total. The van der Waals surface area contributed by atoms with Gasteiger partial charge in [0, 0.05) is 16.7 Å². The van der Waals surface area contributed by atoms with Crippen molar-refractivity contribution in [2.75, 3.05) is 14.2 Å². The van der Waals surface area contributed by atoms with E-state index in [1.807, 2.05) is 7.05 Å². The number of hydrogen-bond acceptors (Lipinski definition) is 2. The van der Waals surface area contributed by atoms with Gasteiger partial charge in [0.25, 0.3) is 0 Å². The van der Waals surface area contributed by atoms with E-state index in [1.54, 1.807) is 7.11 Å². The second kappa shape index (κ2) is 5.98. The van der Waals surface area contributed by atoms with Crippen LogP contribution in [0.4, 0.5) is 0 Å². The number of hydrogen-bond donors (Lipinski definition) is 1. The summed E-state index contributed by atoms with van der Waals surface area (Å²) < 4.78 is 6.79. The van der Waals surface area contributed by atoms with Crippen LogP contribution in [0.1, 0.15) is 19.4 Å². The molecule has 0 aromatic heterocycles. The summed E-state index contributed by atoms with van der Waals surface area (Å²) >= 11 is 2.32. The van der Waals surface area contributed by atoms with Crippen molar-refractivity contribution in [3.63, 3.8) is 0 Å². The molecule has 0 saturated heterocycles. The second-order valence-corrected chi connectivity index (χ2v) is 5.73. The Kier molecular flexibility index (Phi) is 5.21. The topological polar surface area (TPSA) is 21.3 Å². The fourth-order valence-corrected chi connectivity index (χ4v) is 2.05. The molecule has 1 atom stereocenters. The number of rotatable bonds is 5. The second-order valence-electron chi connectivity index (χ2n) is 4.48. The Morgan fingerprint density at radius 3 is 2.31 bits per heavy atom.